The zero-order valence-corrected chi connectivity index (χ0v) is 15.0. The molecule has 1 aliphatic heterocycles. The van der Waals surface area contributed by atoms with Gasteiger partial charge in [-0.2, -0.15) is 0 Å². The Hall–Kier alpha value is -2.74. The largest absolute Gasteiger partial charge is 0.381 e. The molecule has 3 rings (SSSR count). The van der Waals surface area contributed by atoms with Crippen molar-refractivity contribution in [3.05, 3.63) is 53.9 Å². The number of pyridine rings is 1. The average Bonchev–Trinajstić information content (AvgIpc) is 2.94. The Morgan fingerprint density at radius 3 is 2.65 bits per heavy atom. The molecule has 1 fully saturated rings. The Balaban J connectivity index is 1.70. The Kier molecular flexibility index (Phi) is 5.03. The third-order valence-electron chi connectivity index (χ3n) is 4.12. The van der Waals surface area contributed by atoms with Crippen molar-refractivity contribution in [2.24, 2.45) is 0 Å². The van der Waals surface area contributed by atoms with Crippen molar-refractivity contribution >= 4 is 32.9 Å². The number of benzene rings is 1. The predicted molar refractivity (Wildman–Crippen MR) is 99.3 cm³/mol. The summed E-state index contributed by atoms with van der Waals surface area (Å²) in [6, 6.07) is 9.77. The van der Waals surface area contributed by atoms with Crippen LogP contribution in [-0.2, 0) is 9.84 Å². The molecule has 0 radical (unpaired) electrons. The second kappa shape index (κ2) is 7.25. The van der Waals surface area contributed by atoms with Gasteiger partial charge in [0, 0.05) is 29.2 Å². The van der Waals surface area contributed by atoms with Crippen LogP contribution >= 0.6 is 0 Å². The van der Waals surface area contributed by atoms with E-state index in [9.17, 15) is 18.0 Å². The van der Waals surface area contributed by atoms with E-state index in [1.807, 2.05) is 0 Å². The SMILES string of the molecule is CC(=O)c1cccc(NC(=O)c2cc(NC3CCS(=O)(=O)C3)ccn2)c1. The number of nitrogens with zero attached hydrogens (tertiary/aromatic N) is 1. The van der Waals surface area contributed by atoms with Gasteiger partial charge in [-0.1, -0.05) is 12.1 Å². The second-order valence-electron chi connectivity index (χ2n) is 6.27. The highest BCUT2D eigenvalue weighted by Crippen LogP contribution is 2.18. The van der Waals surface area contributed by atoms with E-state index in [4.69, 9.17) is 0 Å². The molecule has 1 atom stereocenters. The molecule has 136 valence electrons. The van der Waals surface area contributed by atoms with E-state index < -0.39 is 15.7 Å². The summed E-state index contributed by atoms with van der Waals surface area (Å²) in [5, 5.41) is 5.85. The third kappa shape index (κ3) is 4.45. The minimum absolute atomic E-state index is 0.0862. The van der Waals surface area contributed by atoms with Gasteiger partial charge in [-0.3, -0.25) is 14.6 Å². The first-order chi connectivity index (χ1) is 12.3. The van der Waals surface area contributed by atoms with Crippen LogP contribution in [0.15, 0.2) is 42.6 Å². The summed E-state index contributed by atoms with van der Waals surface area (Å²) in [5.74, 6) is -0.227. The first-order valence-corrected chi connectivity index (χ1v) is 10.00. The molecule has 1 aromatic heterocycles. The van der Waals surface area contributed by atoms with Crippen LogP contribution in [0.3, 0.4) is 0 Å². The summed E-state index contributed by atoms with van der Waals surface area (Å²) in [7, 11) is -2.98. The monoisotopic (exact) mass is 373 g/mol. The van der Waals surface area contributed by atoms with Crippen LogP contribution in [0.2, 0.25) is 0 Å². The molecule has 0 aliphatic carbocycles. The normalized spacial score (nSPS) is 18.3. The third-order valence-corrected chi connectivity index (χ3v) is 5.89. The van der Waals surface area contributed by atoms with Crippen LogP contribution in [0.5, 0.6) is 0 Å². The number of rotatable bonds is 5. The molecule has 2 N–H and O–H groups in total. The van der Waals surface area contributed by atoms with Crippen molar-refractivity contribution in [2.75, 3.05) is 22.1 Å². The molecule has 7 nitrogen and oxygen atoms in total. The summed E-state index contributed by atoms with van der Waals surface area (Å²) >= 11 is 0. The van der Waals surface area contributed by atoms with Crippen LogP contribution in [-0.4, -0.2) is 42.6 Å². The number of carbonyl (C=O) groups is 2. The van der Waals surface area contributed by atoms with E-state index >= 15 is 0 Å². The molecule has 0 spiro atoms. The number of ketones is 1. The highest BCUT2D eigenvalue weighted by molar-refractivity contribution is 7.91. The molecule has 2 aromatic rings. The molecule has 0 saturated carbocycles. The van der Waals surface area contributed by atoms with Gasteiger partial charge in [0.1, 0.15) is 5.69 Å². The van der Waals surface area contributed by atoms with Gasteiger partial charge < -0.3 is 10.6 Å². The van der Waals surface area contributed by atoms with Gasteiger partial charge in [0.05, 0.1) is 11.5 Å². The maximum atomic E-state index is 12.4. The van der Waals surface area contributed by atoms with Crippen molar-refractivity contribution in [2.45, 2.75) is 19.4 Å². The lowest BCUT2D eigenvalue weighted by Gasteiger charge is -2.13. The quantitative estimate of drug-likeness (QED) is 0.778. The van der Waals surface area contributed by atoms with Crippen molar-refractivity contribution in [3.8, 4) is 0 Å². The lowest BCUT2D eigenvalue weighted by Crippen LogP contribution is -2.21. The summed E-state index contributed by atoms with van der Waals surface area (Å²) in [4.78, 5) is 27.9. The number of Topliss-reactive ketones (excluding diaryl/α,β-unsaturated/α-hetero) is 1. The second-order valence-corrected chi connectivity index (χ2v) is 8.49. The number of carbonyl (C=O) groups excluding carboxylic acids is 2. The lowest BCUT2D eigenvalue weighted by atomic mass is 10.1. The Morgan fingerprint density at radius 2 is 1.96 bits per heavy atom. The first kappa shape index (κ1) is 18.1. The van der Waals surface area contributed by atoms with Crippen LogP contribution in [0, 0.1) is 0 Å². The summed E-state index contributed by atoms with van der Waals surface area (Å²) in [6.07, 6.45) is 2.04. The van der Waals surface area contributed by atoms with E-state index in [2.05, 4.69) is 15.6 Å². The molecule has 1 amide bonds. The van der Waals surface area contributed by atoms with Gasteiger partial charge in [-0.15, -0.1) is 0 Å². The Morgan fingerprint density at radius 1 is 1.15 bits per heavy atom. The summed E-state index contributed by atoms with van der Waals surface area (Å²) in [6.45, 7) is 1.46. The minimum Gasteiger partial charge on any atom is -0.381 e. The zero-order chi connectivity index (χ0) is 18.7. The van der Waals surface area contributed by atoms with Gasteiger partial charge in [-0.05, 0) is 37.6 Å². The number of amides is 1. The fourth-order valence-electron chi connectivity index (χ4n) is 2.80. The van der Waals surface area contributed by atoms with E-state index in [1.54, 1.807) is 36.4 Å². The molecule has 1 aromatic carbocycles. The van der Waals surface area contributed by atoms with Gasteiger partial charge in [-0.25, -0.2) is 8.42 Å². The predicted octanol–water partition coefficient (Wildman–Crippen LogP) is 2.14. The maximum Gasteiger partial charge on any atom is 0.274 e. The Bertz CT molecular complexity index is 956. The van der Waals surface area contributed by atoms with Gasteiger partial charge >= 0.3 is 0 Å². The fourth-order valence-corrected chi connectivity index (χ4v) is 4.47. The first-order valence-electron chi connectivity index (χ1n) is 8.18. The molecule has 0 bridgehead atoms. The number of anilines is 2. The highest BCUT2D eigenvalue weighted by Gasteiger charge is 2.27. The lowest BCUT2D eigenvalue weighted by molar-refractivity contribution is 0.100. The average molecular weight is 373 g/mol. The standard InChI is InChI=1S/C18H19N3O4S/c1-12(22)13-3-2-4-14(9-13)21-18(23)17-10-15(5-7-19-17)20-16-6-8-26(24,25)11-16/h2-5,7,9-10,16H,6,8,11H2,1H3,(H,19,20)(H,21,23). The number of hydrogen-bond acceptors (Lipinski definition) is 6. The number of sulfone groups is 1. The Labute approximate surface area is 151 Å². The zero-order valence-electron chi connectivity index (χ0n) is 14.2. The van der Waals surface area contributed by atoms with Crippen LogP contribution in [0.4, 0.5) is 11.4 Å². The van der Waals surface area contributed by atoms with E-state index in [0.29, 0.717) is 23.4 Å². The fraction of sp³-hybridized carbons (Fsp3) is 0.278. The van der Waals surface area contributed by atoms with E-state index in [-0.39, 0.29) is 29.0 Å². The van der Waals surface area contributed by atoms with Gasteiger partial charge in [0.2, 0.25) is 0 Å². The molecule has 26 heavy (non-hydrogen) atoms. The van der Waals surface area contributed by atoms with E-state index in [0.717, 1.165) is 0 Å². The number of hydrogen-bond donors (Lipinski definition) is 2. The van der Waals surface area contributed by atoms with Crippen molar-refractivity contribution in [1.82, 2.24) is 4.98 Å². The highest BCUT2D eigenvalue weighted by atomic mass is 32.2. The summed E-state index contributed by atoms with van der Waals surface area (Å²) < 4.78 is 23.1. The number of nitrogens with one attached hydrogen (secondary N) is 2. The topological polar surface area (TPSA) is 105 Å². The van der Waals surface area contributed by atoms with Crippen LogP contribution < -0.4 is 10.6 Å². The molecule has 8 heteroatoms. The van der Waals surface area contributed by atoms with Gasteiger partial charge in [0.15, 0.2) is 15.6 Å². The molecule has 2 heterocycles. The van der Waals surface area contributed by atoms with Crippen molar-refractivity contribution in [1.29, 1.82) is 0 Å². The molecule has 1 aliphatic rings. The van der Waals surface area contributed by atoms with Crippen LogP contribution in [0.25, 0.3) is 0 Å². The summed E-state index contributed by atoms with van der Waals surface area (Å²) in [5.41, 5.74) is 1.85. The minimum atomic E-state index is -2.98. The molecule has 1 saturated heterocycles. The smallest absolute Gasteiger partial charge is 0.274 e. The van der Waals surface area contributed by atoms with Crippen molar-refractivity contribution in [3.63, 3.8) is 0 Å². The van der Waals surface area contributed by atoms with Gasteiger partial charge in [0.25, 0.3) is 5.91 Å². The number of aromatic nitrogens is 1. The van der Waals surface area contributed by atoms with Crippen molar-refractivity contribution < 1.29 is 18.0 Å². The molecular weight excluding hydrogens is 354 g/mol. The maximum absolute atomic E-state index is 12.4. The molecular formula is C18H19N3O4S. The van der Waals surface area contributed by atoms with Crippen LogP contribution in [0.1, 0.15) is 34.2 Å². The van der Waals surface area contributed by atoms with E-state index in [1.165, 1.54) is 13.1 Å². The molecule has 1 unspecified atom stereocenters.